The Morgan fingerprint density at radius 3 is 1.53 bits per heavy atom. The Morgan fingerprint density at radius 1 is 0.567 bits per heavy atom. The van der Waals surface area contributed by atoms with E-state index in [1.54, 1.807) is 6.08 Å². The molecule has 9 nitrogen and oxygen atoms in total. The highest BCUT2D eigenvalue weighted by Gasteiger charge is 2.44. The SMILES string of the molecule is CCCCC/C=C\C/C=C\CCCCCCCCCCCC(=O)NC(COC1OC(CO)C(O)C(O)C1O)C(O)/C=C/CC/C=C/CCCCCCCCCCCCCC. The van der Waals surface area contributed by atoms with E-state index in [0.717, 1.165) is 51.4 Å². The molecule has 0 aromatic rings. The fourth-order valence-corrected chi connectivity index (χ4v) is 7.61. The van der Waals surface area contributed by atoms with Crippen LogP contribution in [0.25, 0.3) is 0 Å². The van der Waals surface area contributed by atoms with E-state index in [-0.39, 0.29) is 12.5 Å². The van der Waals surface area contributed by atoms with Crippen LogP contribution in [0.3, 0.4) is 0 Å². The van der Waals surface area contributed by atoms with Crippen molar-refractivity contribution in [2.24, 2.45) is 0 Å². The van der Waals surface area contributed by atoms with Crippen molar-refractivity contribution in [2.45, 2.75) is 256 Å². The summed E-state index contributed by atoms with van der Waals surface area (Å²) in [6.45, 7) is 3.73. The quantitative estimate of drug-likeness (QED) is 0.0263. The molecule has 6 N–H and O–H groups in total. The predicted molar refractivity (Wildman–Crippen MR) is 249 cm³/mol. The number of ether oxygens (including phenoxy) is 2. The summed E-state index contributed by atoms with van der Waals surface area (Å²) in [4.78, 5) is 13.0. The number of aliphatic hydroxyl groups is 5. The molecule has 1 aliphatic rings. The molecule has 7 atom stereocenters. The van der Waals surface area contributed by atoms with E-state index >= 15 is 0 Å². The molecule has 1 fully saturated rings. The lowest BCUT2D eigenvalue weighted by atomic mass is 9.99. The molecule has 0 aromatic carbocycles. The van der Waals surface area contributed by atoms with Crippen LogP contribution in [0.1, 0.15) is 213 Å². The Labute approximate surface area is 367 Å². The Balaban J connectivity index is 2.35. The average Bonchev–Trinajstić information content (AvgIpc) is 3.25. The molecule has 1 heterocycles. The second-order valence-electron chi connectivity index (χ2n) is 17.2. The van der Waals surface area contributed by atoms with Gasteiger partial charge in [0.1, 0.15) is 24.4 Å². The molecule has 1 rings (SSSR count). The van der Waals surface area contributed by atoms with Crippen LogP contribution >= 0.6 is 0 Å². The fraction of sp³-hybridized carbons (Fsp3) is 0.824. The van der Waals surface area contributed by atoms with Crippen molar-refractivity contribution in [1.29, 1.82) is 0 Å². The number of aliphatic hydroxyl groups excluding tert-OH is 5. The van der Waals surface area contributed by atoms with Gasteiger partial charge in [0.2, 0.25) is 5.91 Å². The summed E-state index contributed by atoms with van der Waals surface area (Å²) < 4.78 is 11.2. The minimum atomic E-state index is -1.57. The number of unbranched alkanes of at least 4 members (excludes halogenated alkanes) is 25. The van der Waals surface area contributed by atoms with E-state index in [4.69, 9.17) is 9.47 Å². The van der Waals surface area contributed by atoms with Crippen molar-refractivity contribution in [3.8, 4) is 0 Å². The first-order valence-electron chi connectivity index (χ1n) is 24.9. The van der Waals surface area contributed by atoms with Crippen molar-refractivity contribution in [2.75, 3.05) is 13.2 Å². The summed E-state index contributed by atoms with van der Waals surface area (Å²) in [7, 11) is 0. The van der Waals surface area contributed by atoms with Gasteiger partial charge in [-0.3, -0.25) is 4.79 Å². The Kier molecular flexibility index (Phi) is 38.5. The molecule has 0 aliphatic carbocycles. The van der Waals surface area contributed by atoms with Gasteiger partial charge in [0.15, 0.2) is 6.29 Å². The molecule has 0 saturated carbocycles. The lowest BCUT2D eigenvalue weighted by Crippen LogP contribution is -2.60. The molecule has 1 amide bonds. The molecule has 0 spiro atoms. The molecule has 60 heavy (non-hydrogen) atoms. The van der Waals surface area contributed by atoms with Gasteiger partial charge in [0, 0.05) is 6.42 Å². The van der Waals surface area contributed by atoms with Crippen LogP contribution in [-0.2, 0) is 14.3 Å². The molecular weight excluding hydrogens is 755 g/mol. The average molecular weight is 848 g/mol. The standard InChI is InChI=1S/C51H93NO8/c1-3-5-7-9-11-13-15-17-19-21-23-25-27-29-31-33-35-37-39-41-47(55)52-44(43-59-51-50(58)49(57)48(56)46(42-53)60-51)45(54)40-38-36-34-32-30-28-26-24-22-20-18-16-14-12-10-8-6-4-2/h11,13,17,19,30,32,38,40,44-46,48-51,53-54,56-58H,3-10,12,14-16,18,20-29,31,33-37,39,41-43H2,1-2H3,(H,52,55)/b13-11-,19-17-,32-30+,40-38+. The summed E-state index contributed by atoms with van der Waals surface area (Å²) in [6, 6.07) is -0.824. The second-order valence-corrected chi connectivity index (χ2v) is 17.2. The highest BCUT2D eigenvalue weighted by atomic mass is 16.7. The molecule has 7 unspecified atom stereocenters. The molecular formula is C51H93NO8. The van der Waals surface area contributed by atoms with E-state index in [9.17, 15) is 30.3 Å². The summed E-state index contributed by atoms with van der Waals surface area (Å²) in [5, 5.41) is 54.3. The van der Waals surface area contributed by atoms with E-state index in [0.29, 0.717) is 6.42 Å². The summed E-state index contributed by atoms with van der Waals surface area (Å²) >= 11 is 0. The molecule has 0 aromatic heterocycles. The van der Waals surface area contributed by atoms with Gasteiger partial charge < -0.3 is 40.3 Å². The third-order valence-electron chi connectivity index (χ3n) is 11.6. The monoisotopic (exact) mass is 848 g/mol. The Morgan fingerprint density at radius 2 is 1.00 bits per heavy atom. The topological polar surface area (TPSA) is 149 Å². The Hall–Kier alpha value is -1.85. The summed E-state index contributed by atoms with van der Waals surface area (Å²) in [5.41, 5.74) is 0. The van der Waals surface area contributed by atoms with Gasteiger partial charge in [-0.2, -0.15) is 0 Å². The number of carbonyl (C=O) groups excluding carboxylic acids is 1. The van der Waals surface area contributed by atoms with Crippen molar-refractivity contribution >= 4 is 5.91 Å². The molecule has 1 saturated heterocycles. The normalized spacial score (nSPS) is 20.9. The van der Waals surface area contributed by atoms with Crippen molar-refractivity contribution in [3.63, 3.8) is 0 Å². The van der Waals surface area contributed by atoms with Gasteiger partial charge in [-0.25, -0.2) is 0 Å². The smallest absolute Gasteiger partial charge is 0.220 e. The van der Waals surface area contributed by atoms with E-state index in [2.05, 4.69) is 55.6 Å². The zero-order valence-corrected chi connectivity index (χ0v) is 38.5. The van der Waals surface area contributed by atoms with Crippen LogP contribution in [0, 0.1) is 0 Å². The maximum Gasteiger partial charge on any atom is 0.220 e. The molecule has 9 heteroatoms. The maximum atomic E-state index is 13.0. The van der Waals surface area contributed by atoms with E-state index < -0.39 is 49.5 Å². The van der Waals surface area contributed by atoms with Crippen molar-refractivity contribution < 1.29 is 39.8 Å². The van der Waals surface area contributed by atoms with Crippen LogP contribution < -0.4 is 5.32 Å². The molecule has 0 bridgehead atoms. The number of hydrogen-bond acceptors (Lipinski definition) is 8. The molecule has 1 aliphatic heterocycles. The van der Waals surface area contributed by atoms with E-state index in [1.165, 1.54) is 141 Å². The van der Waals surface area contributed by atoms with E-state index in [1.807, 2.05) is 6.08 Å². The number of amides is 1. The first kappa shape index (κ1) is 56.2. The molecule has 350 valence electrons. The predicted octanol–water partition coefficient (Wildman–Crippen LogP) is 11.0. The zero-order chi connectivity index (χ0) is 43.7. The minimum absolute atomic E-state index is 0.192. The van der Waals surface area contributed by atoms with Gasteiger partial charge in [-0.15, -0.1) is 0 Å². The maximum absolute atomic E-state index is 13.0. The van der Waals surface area contributed by atoms with Crippen molar-refractivity contribution in [3.05, 3.63) is 48.6 Å². The van der Waals surface area contributed by atoms with Gasteiger partial charge in [0.05, 0.1) is 25.4 Å². The third kappa shape index (κ3) is 31.1. The highest BCUT2D eigenvalue weighted by Crippen LogP contribution is 2.22. The van der Waals surface area contributed by atoms with Gasteiger partial charge in [-0.05, 0) is 64.2 Å². The zero-order valence-electron chi connectivity index (χ0n) is 38.5. The summed E-state index contributed by atoms with van der Waals surface area (Å²) in [5.74, 6) is -0.192. The van der Waals surface area contributed by atoms with Gasteiger partial charge >= 0.3 is 0 Å². The number of hydrogen-bond donors (Lipinski definition) is 6. The summed E-state index contributed by atoms with van der Waals surface area (Å²) in [6.07, 6.45) is 45.8. The first-order valence-corrected chi connectivity index (χ1v) is 24.9. The molecule has 0 radical (unpaired) electrons. The number of rotatable bonds is 41. The highest BCUT2D eigenvalue weighted by molar-refractivity contribution is 5.76. The minimum Gasteiger partial charge on any atom is -0.394 e. The van der Waals surface area contributed by atoms with Crippen LogP contribution in [0.5, 0.6) is 0 Å². The third-order valence-corrected chi connectivity index (χ3v) is 11.6. The van der Waals surface area contributed by atoms with Crippen LogP contribution in [0.4, 0.5) is 0 Å². The van der Waals surface area contributed by atoms with Gasteiger partial charge in [-0.1, -0.05) is 191 Å². The lowest BCUT2D eigenvalue weighted by molar-refractivity contribution is -0.302. The largest absolute Gasteiger partial charge is 0.394 e. The van der Waals surface area contributed by atoms with Crippen LogP contribution in [0.2, 0.25) is 0 Å². The lowest BCUT2D eigenvalue weighted by Gasteiger charge is -2.40. The first-order chi connectivity index (χ1) is 29.3. The second kappa shape index (κ2) is 41.2. The van der Waals surface area contributed by atoms with Crippen molar-refractivity contribution in [1.82, 2.24) is 5.32 Å². The van der Waals surface area contributed by atoms with Gasteiger partial charge in [0.25, 0.3) is 0 Å². The fourth-order valence-electron chi connectivity index (χ4n) is 7.61. The number of allylic oxidation sites excluding steroid dienone is 7. The van der Waals surface area contributed by atoms with Crippen LogP contribution in [0.15, 0.2) is 48.6 Å². The van der Waals surface area contributed by atoms with Crippen LogP contribution in [-0.4, -0.2) is 87.5 Å². The number of nitrogens with one attached hydrogen (secondary N) is 1. The number of carbonyl (C=O) groups is 1. The Bertz CT molecular complexity index is 1080.